The van der Waals surface area contributed by atoms with Crippen LogP contribution >= 0.6 is 11.6 Å². The molecule has 1 aromatic carbocycles. The highest BCUT2D eigenvalue weighted by Gasteiger charge is 2.17. The van der Waals surface area contributed by atoms with Crippen molar-refractivity contribution < 1.29 is 14.3 Å². The molecule has 1 aromatic heterocycles. The molecule has 0 aliphatic carbocycles. The van der Waals surface area contributed by atoms with Crippen LogP contribution in [-0.2, 0) is 4.74 Å². The molecule has 1 saturated heterocycles. The normalized spacial score (nSPS) is 16.4. The molecular formula is C18H18ClN3O3. The second-order valence-corrected chi connectivity index (χ2v) is 6.18. The molecular weight excluding hydrogens is 342 g/mol. The molecule has 1 aliphatic rings. The minimum Gasteiger partial charge on any atom is -0.376 e. The molecule has 130 valence electrons. The van der Waals surface area contributed by atoms with Crippen molar-refractivity contribution in [2.75, 3.05) is 18.5 Å². The van der Waals surface area contributed by atoms with Crippen molar-refractivity contribution in [1.82, 2.24) is 10.3 Å². The summed E-state index contributed by atoms with van der Waals surface area (Å²) in [6, 6.07) is 9.85. The summed E-state index contributed by atoms with van der Waals surface area (Å²) < 4.78 is 5.48. The van der Waals surface area contributed by atoms with E-state index >= 15 is 0 Å². The van der Waals surface area contributed by atoms with Crippen LogP contribution in [0.15, 0.2) is 42.6 Å². The molecule has 0 bridgehead atoms. The molecule has 2 aromatic rings. The SMILES string of the molecule is O=C(NCC1CCCO1)c1ccnc(C(=O)Nc2cccc(Cl)c2)c1. The Hall–Kier alpha value is -2.44. The van der Waals surface area contributed by atoms with Crippen LogP contribution in [-0.4, -0.2) is 36.1 Å². The molecule has 1 atom stereocenters. The van der Waals surface area contributed by atoms with E-state index in [1.165, 1.54) is 12.3 Å². The molecule has 2 heterocycles. The second kappa shape index (κ2) is 8.09. The van der Waals surface area contributed by atoms with Crippen molar-refractivity contribution >= 4 is 29.1 Å². The van der Waals surface area contributed by atoms with Gasteiger partial charge in [-0.05, 0) is 43.2 Å². The molecule has 2 N–H and O–H groups in total. The predicted molar refractivity (Wildman–Crippen MR) is 94.9 cm³/mol. The Morgan fingerprint density at radius 2 is 2.12 bits per heavy atom. The first-order valence-electron chi connectivity index (χ1n) is 8.04. The van der Waals surface area contributed by atoms with E-state index in [-0.39, 0.29) is 17.7 Å². The van der Waals surface area contributed by atoms with Crippen molar-refractivity contribution in [3.8, 4) is 0 Å². The van der Waals surface area contributed by atoms with Gasteiger partial charge in [0, 0.05) is 35.6 Å². The van der Waals surface area contributed by atoms with Gasteiger partial charge in [-0.3, -0.25) is 14.6 Å². The quantitative estimate of drug-likeness (QED) is 0.860. The van der Waals surface area contributed by atoms with Gasteiger partial charge in [0.05, 0.1) is 6.10 Å². The van der Waals surface area contributed by atoms with Crippen LogP contribution in [0.1, 0.15) is 33.7 Å². The summed E-state index contributed by atoms with van der Waals surface area (Å²) in [6.45, 7) is 1.20. The fraction of sp³-hybridized carbons (Fsp3) is 0.278. The van der Waals surface area contributed by atoms with E-state index in [0.717, 1.165) is 19.4 Å². The predicted octanol–water partition coefficient (Wildman–Crippen LogP) is 2.90. The van der Waals surface area contributed by atoms with Gasteiger partial charge in [0.1, 0.15) is 5.69 Å². The minimum atomic E-state index is -0.406. The Bertz CT molecular complexity index is 776. The van der Waals surface area contributed by atoms with Crippen molar-refractivity contribution in [1.29, 1.82) is 0 Å². The van der Waals surface area contributed by atoms with Gasteiger partial charge in [0.2, 0.25) is 0 Å². The van der Waals surface area contributed by atoms with Gasteiger partial charge in [-0.25, -0.2) is 0 Å². The molecule has 7 heteroatoms. The van der Waals surface area contributed by atoms with E-state index in [0.29, 0.717) is 22.8 Å². The lowest BCUT2D eigenvalue weighted by Crippen LogP contribution is -2.32. The Morgan fingerprint density at radius 1 is 1.24 bits per heavy atom. The maximum Gasteiger partial charge on any atom is 0.274 e. The number of carbonyl (C=O) groups is 2. The first kappa shape index (κ1) is 17.4. The average molecular weight is 360 g/mol. The largest absolute Gasteiger partial charge is 0.376 e. The Balaban J connectivity index is 1.63. The number of hydrogen-bond acceptors (Lipinski definition) is 4. The molecule has 1 fully saturated rings. The van der Waals surface area contributed by atoms with Crippen LogP contribution in [0.5, 0.6) is 0 Å². The van der Waals surface area contributed by atoms with Gasteiger partial charge < -0.3 is 15.4 Å². The average Bonchev–Trinajstić information content (AvgIpc) is 3.13. The number of benzene rings is 1. The number of rotatable bonds is 5. The van der Waals surface area contributed by atoms with Gasteiger partial charge in [-0.2, -0.15) is 0 Å². The number of hydrogen-bond donors (Lipinski definition) is 2. The van der Waals surface area contributed by atoms with Crippen LogP contribution in [0.25, 0.3) is 0 Å². The molecule has 0 spiro atoms. The van der Waals surface area contributed by atoms with Crippen LogP contribution in [0.3, 0.4) is 0 Å². The molecule has 1 unspecified atom stereocenters. The lowest BCUT2D eigenvalue weighted by atomic mass is 10.2. The molecule has 6 nitrogen and oxygen atoms in total. The number of nitrogens with one attached hydrogen (secondary N) is 2. The van der Waals surface area contributed by atoms with Gasteiger partial charge in [-0.1, -0.05) is 17.7 Å². The monoisotopic (exact) mass is 359 g/mol. The highest BCUT2D eigenvalue weighted by atomic mass is 35.5. The number of pyridine rings is 1. The highest BCUT2D eigenvalue weighted by molar-refractivity contribution is 6.30. The number of anilines is 1. The lowest BCUT2D eigenvalue weighted by molar-refractivity contribution is 0.0857. The van der Waals surface area contributed by atoms with Crippen molar-refractivity contribution in [2.45, 2.75) is 18.9 Å². The fourth-order valence-corrected chi connectivity index (χ4v) is 2.76. The maximum atomic E-state index is 12.3. The van der Waals surface area contributed by atoms with E-state index in [1.807, 2.05) is 0 Å². The third-order valence-corrected chi connectivity index (χ3v) is 4.09. The first-order chi connectivity index (χ1) is 12.1. The van der Waals surface area contributed by atoms with E-state index in [2.05, 4.69) is 15.6 Å². The van der Waals surface area contributed by atoms with E-state index in [9.17, 15) is 9.59 Å². The summed E-state index contributed by atoms with van der Waals surface area (Å²) in [6.07, 6.45) is 3.47. The van der Waals surface area contributed by atoms with Crippen LogP contribution in [0.2, 0.25) is 5.02 Å². The third kappa shape index (κ3) is 4.78. The van der Waals surface area contributed by atoms with E-state index < -0.39 is 5.91 Å². The molecule has 2 amide bonds. The van der Waals surface area contributed by atoms with Crippen LogP contribution < -0.4 is 10.6 Å². The topological polar surface area (TPSA) is 80.3 Å². The highest BCUT2D eigenvalue weighted by Crippen LogP contribution is 2.16. The lowest BCUT2D eigenvalue weighted by Gasteiger charge is -2.11. The summed E-state index contributed by atoms with van der Waals surface area (Å²) >= 11 is 5.90. The van der Waals surface area contributed by atoms with E-state index in [1.54, 1.807) is 30.3 Å². The Labute approximate surface area is 150 Å². The molecule has 25 heavy (non-hydrogen) atoms. The van der Waals surface area contributed by atoms with Gasteiger partial charge in [0.25, 0.3) is 11.8 Å². The summed E-state index contributed by atoms with van der Waals surface area (Å²) in [4.78, 5) is 28.6. The number of carbonyl (C=O) groups excluding carboxylic acids is 2. The number of ether oxygens (including phenoxy) is 1. The van der Waals surface area contributed by atoms with Crippen molar-refractivity contribution in [3.05, 3.63) is 58.9 Å². The standard InChI is InChI=1S/C18H18ClN3O3/c19-13-3-1-4-14(10-13)22-18(24)16-9-12(6-7-20-16)17(23)21-11-15-5-2-8-25-15/h1,3-4,6-7,9-10,15H,2,5,8,11H2,(H,21,23)(H,22,24). The van der Waals surface area contributed by atoms with Crippen molar-refractivity contribution in [3.63, 3.8) is 0 Å². The molecule has 0 saturated carbocycles. The zero-order valence-electron chi connectivity index (χ0n) is 13.5. The van der Waals surface area contributed by atoms with E-state index in [4.69, 9.17) is 16.3 Å². The maximum absolute atomic E-state index is 12.3. The summed E-state index contributed by atoms with van der Waals surface area (Å²) in [5.74, 6) is -0.661. The van der Waals surface area contributed by atoms with Gasteiger partial charge >= 0.3 is 0 Å². The molecule has 1 aliphatic heterocycles. The zero-order valence-corrected chi connectivity index (χ0v) is 14.3. The number of halogens is 1. The summed E-state index contributed by atoms with van der Waals surface area (Å²) in [5, 5.41) is 6.05. The van der Waals surface area contributed by atoms with Gasteiger partial charge in [0.15, 0.2) is 0 Å². The molecule has 0 radical (unpaired) electrons. The van der Waals surface area contributed by atoms with Crippen molar-refractivity contribution in [2.24, 2.45) is 0 Å². The van der Waals surface area contributed by atoms with Crippen LogP contribution in [0.4, 0.5) is 5.69 Å². The summed E-state index contributed by atoms with van der Waals surface area (Å²) in [5.41, 5.74) is 1.10. The minimum absolute atomic E-state index is 0.0661. The Kier molecular flexibility index (Phi) is 5.63. The van der Waals surface area contributed by atoms with Crippen LogP contribution in [0, 0.1) is 0 Å². The number of amides is 2. The second-order valence-electron chi connectivity index (χ2n) is 5.74. The number of nitrogens with zero attached hydrogens (tertiary/aromatic N) is 1. The Morgan fingerprint density at radius 3 is 2.88 bits per heavy atom. The fourth-order valence-electron chi connectivity index (χ4n) is 2.57. The van der Waals surface area contributed by atoms with Gasteiger partial charge in [-0.15, -0.1) is 0 Å². The summed E-state index contributed by atoms with van der Waals surface area (Å²) in [7, 11) is 0. The third-order valence-electron chi connectivity index (χ3n) is 3.85. The zero-order chi connectivity index (χ0) is 17.6. The first-order valence-corrected chi connectivity index (χ1v) is 8.42. The molecule has 3 rings (SSSR count). The smallest absolute Gasteiger partial charge is 0.274 e. The number of aromatic nitrogens is 1.